The number of ether oxygens (including phenoxy) is 1. The minimum absolute atomic E-state index is 0.0271. The zero-order valence-corrected chi connectivity index (χ0v) is 16.6. The number of fused-ring (bicyclic) bond motifs is 1. The highest BCUT2D eigenvalue weighted by molar-refractivity contribution is 6.39. The largest absolute Gasteiger partial charge is 0.507 e. The van der Waals surface area contributed by atoms with Gasteiger partial charge in [-0.2, -0.15) is 0 Å². The van der Waals surface area contributed by atoms with Gasteiger partial charge >= 0.3 is 5.97 Å². The van der Waals surface area contributed by atoms with Crippen LogP contribution in [0.1, 0.15) is 29.2 Å². The number of phenolic OH excluding ortho intramolecular Hbond substituents is 1. The van der Waals surface area contributed by atoms with E-state index in [1.807, 2.05) is 36.6 Å². The second-order valence-electron chi connectivity index (χ2n) is 6.89. The van der Waals surface area contributed by atoms with Crippen LogP contribution >= 0.6 is 0 Å². The Morgan fingerprint density at radius 1 is 1.17 bits per heavy atom. The van der Waals surface area contributed by atoms with Crippen LogP contribution < -0.4 is 0 Å². The Bertz CT molecular complexity index is 1120. The Morgan fingerprint density at radius 2 is 1.93 bits per heavy atom. The molecule has 3 aromatic rings. The Kier molecular flexibility index (Phi) is 5.73. The van der Waals surface area contributed by atoms with E-state index in [1.165, 1.54) is 6.07 Å². The van der Waals surface area contributed by atoms with Gasteiger partial charge in [0, 0.05) is 24.4 Å². The number of aliphatic hydroxyl groups excluding tert-OH is 1. The predicted molar refractivity (Wildman–Crippen MR) is 111 cm³/mol. The molecule has 3 rings (SSSR count). The number of aromatic hydroxyl groups is 1. The van der Waals surface area contributed by atoms with Crippen LogP contribution in [0.25, 0.3) is 16.7 Å². The molecule has 0 spiro atoms. The molecule has 0 bridgehead atoms. The first kappa shape index (κ1) is 20.2. The van der Waals surface area contributed by atoms with Crippen molar-refractivity contribution in [2.24, 2.45) is 0 Å². The summed E-state index contributed by atoms with van der Waals surface area (Å²) in [5.41, 5.74) is 4.32. The number of benzene rings is 2. The Hall–Kier alpha value is -3.54. The number of aryl methyl sites for hydroxylation is 2. The number of esters is 1. The number of nitrogens with zero attached hydrogens (tertiary/aromatic N) is 1. The van der Waals surface area contributed by atoms with E-state index in [9.17, 15) is 19.8 Å². The molecule has 6 nitrogen and oxygen atoms in total. The van der Waals surface area contributed by atoms with Crippen molar-refractivity contribution in [2.45, 2.75) is 27.3 Å². The van der Waals surface area contributed by atoms with Gasteiger partial charge in [-0.1, -0.05) is 29.8 Å². The molecule has 150 valence electrons. The van der Waals surface area contributed by atoms with Crippen molar-refractivity contribution in [3.63, 3.8) is 0 Å². The van der Waals surface area contributed by atoms with E-state index < -0.39 is 17.5 Å². The minimum Gasteiger partial charge on any atom is -0.507 e. The predicted octanol–water partition coefficient (Wildman–Crippen LogP) is 4.04. The van der Waals surface area contributed by atoms with Gasteiger partial charge in [-0.15, -0.1) is 0 Å². The number of aromatic nitrogens is 1. The number of carbonyl (C=O) groups is 2. The highest BCUT2D eigenvalue weighted by Crippen LogP contribution is 2.33. The fourth-order valence-electron chi connectivity index (χ4n) is 3.28. The SMILES string of the molecule is CCOC(=O)C(=O)/C=C(\O)c1cn(Cc2cc(C)ccc2C)c2cccc(O)c12. The van der Waals surface area contributed by atoms with Crippen molar-refractivity contribution >= 4 is 28.4 Å². The summed E-state index contributed by atoms with van der Waals surface area (Å²) in [5, 5.41) is 21.3. The van der Waals surface area contributed by atoms with Gasteiger partial charge in [-0.3, -0.25) is 4.79 Å². The van der Waals surface area contributed by atoms with E-state index in [2.05, 4.69) is 10.8 Å². The number of hydrogen-bond acceptors (Lipinski definition) is 5. The van der Waals surface area contributed by atoms with Gasteiger partial charge in [0.15, 0.2) is 0 Å². The van der Waals surface area contributed by atoms with E-state index in [1.54, 1.807) is 19.2 Å². The standard InChI is InChI=1S/C23H23NO5/c1-4-29-23(28)21(27)11-20(26)17-13-24(18-6-5-7-19(25)22(17)18)12-16-10-14(2)8-9-15(16)3/h5-11,13,25-26H,4,12H2,1-3H3/b20-11-. The van der Waals surface area contributed by atoms with Crippen LogP contribution in [-0.4, -0.2) is 33.1 Å². The Balaban J connectivity index is 2.08. The minimum atomic E-state index is -1.04. The lowest BCUT2D eigenvalue weighted by atomic mass is 10.1. The second-order valence-corrected chi connectivity index (χ2v) is 6.89. The topological polar surface area (TPSA) is 88.8 Å². The summed E-state index contributed by atoms with van der Waals surface area (Å²) in [7, 11) is 0. The molecule has 29 heavy (non-hydrogen) atoms. The molecule has 0 aliphatic rings. The zero-order chi connectivity index (χ0) is 21.1. The Morgan fingerprint density at radius 3 is 2.66 bits per heavy atom. The highest BCUT2D eigenvalue weighted by atomic mass is 16.5. The smallest absolute Gasteiger partial charge is 0.379 e. The number of carbonyl (C=O) groups excluding carboxylic acids is 2. The molecular weight excluding hydrogens is 370 g/mol. The maximum absolute atomic E-state index is 11.9. The molecule has 0 atom stereocenters. The van der Waals surface area contributed by atoms with Crippen LogP contribution in [0.15, 0.2) is 48.7 Å². The van der Waals surface area contributed by atoms with Crippen LogP contribution in [0, 0.1) is 13.8 Å². The lowest BCUT2D eigenvalue weighted by molar-refractivity contribution is -0.151. The molecule has 0 saturated carbocycles. The molecule has 0 radical (unpaired) electrons. The zero-order valence-electron chi connectivity index (χ0n) is 16.6. The average Bonchev–Trinajstić information content (AvgIpc) is 3.05. The quantitative estimate of drug-likeness (QED) is 0.286. The molecule has 6 heteroatoms. The summed E-state index contributed by atoms with van der Waals surface area (Å²) in [6, 6.07) is 11.2. The normalized spacial score (nSPS) is 11.6. The summed E-state index contributed by atoms with van der Waals surface area (Å²) >= 11 is 0. The van der Waals surface area contributed by atoms with Crippen molar-refractivity contribution in [3.05, 3.63) is 70.9 Å². The van der Waals surface area contributed by atoms with Gasteiger partial charge < -0.3 is 19.5 Å². The van der Waals surface area contributed by atoms with Crippen molar-refractivity contribution in [3.8, 4) is 5.75 Å². The third kappa shape index (κ3) is 4.16. The van der Waals surface area contributed by atoms with Gasteiger partial charge in [0.05, 0.1) is 17.5 Å². The molecular formula is C23H23NO5. The molecule has 0 saturated heterocycles. The first-order valence-corrected chi connectivity index (χ1v) is 9.31. The van der Waals surface area contributed by atoms with Crippen LogP contribution in [0.5, 0.6) is 5.75 Å². The molecule has 1 heterocycles. The third-order valence-corrected chi connectivity index (χ3v) is 4.75. The monoisotopic (exact) mass is 393 g/mol. The van der Waals surface area contributed by atoms with Crippen LogP contribution in [0.2, 0.25) is 0 Å². The number of aliphatic hydroxyl groups is 1. The van der Waals surface area contributed by atoms with Gasteiger partial charge in [0.1, 0.15) is 11.5 Å². The van der Waals surface area contributed by atoms with E-state index in [-0.39, 0.29) is 17.9 Å². The Labute approximate surface area is 168 Å². The lowest BCUT2D eigenvalue weighted by Crippen LogP contribution is -2.15. The number of hydrogen-bond donors (Lipinski definition) is 2. The van der Waals surface area contributed by atoms with Crippen LogP contribution in [-0.2, 0) is 20.9 Å². The molecule has 0 fully saturated rings. The molecule has 2 aromatic carbocycles. The van der Waals surface area contributed by atoms with Crippen molar-refractivity contribution < 1.29 is 24.5 Å². The molecule has 0 aliphatic heterocycles. The van der Waals surface area contributed by atoms with E-state index >= 15 is 0 Å². The third-order valence-electron chi connectivity index (χ3n) is 4.75. The van der Waals surface area contributed by atoms with Crippen molar-refractivity contribution in [1.29, 1.82) is 0 Å². The maximum atomic E-state index is 11.9. The summed E-state index contributed by atoms with van der Waals surface area (Å²) < 4.78 is 6.56. The van der Waals surface area contributed by atoms with Gasteiger partial charge in [0.2, 0.25) is 0 Å². The summed E-state index contributed by atoms with van der Waals surface area (Å²) in [5.74, 6) is -2.44. The number of phenols is 1. The second kappa shape index (κ2) is 8.22. The molecule has 1 aromatic heterocycles. The first-order chi connectivity index (χ1) is 13.8. The molecule has 0 aliphatic carbocycles. The fourth-order valence-corrected chi connectivity index (χ4v) is 3.28. The molecule has 2 N–H and O–H groups in total. The van der Waals surface area contributed by atoms with Gasteiger partial charge in [-0.25, -0.2) is 4.79 Å². The van der Waals surface area contributed by atoms with Gasteiger partial charge in [-0.05, 0) is 44.0 Å². The summed E-state index contributed by atoms with van der Waals surface area (Å²) in [6.07, 6.45) is 2.48. The van der Waals surface area contributed by atoms with E-state index in [0.29, 0.717) is 17.4 Å². The first-order valence-electron chi connectivity index (χ1n) is 9.31. The maximum Gasteiger partial charge on any atom is 0.379 e. The van der Waals surface area contributed by atoms with Gasteiger partial charge in [0.25, 0.3) is 5.78 Å². The number of ketones is 1. The van der Waals surface area contributed by atoms with Crippen LogP contribution in [0.4, 0.5) is 0 Å². The van der Waals surface area contributed by atoms with Crippen molar-refractivity contribution in [1.82, 2.24) is 4.57 Å². The van der Waals surface area contributed by atoms with Crippen LogP contribution in [0.3, 0.4) is 0 Å². The van der Waals surface area contributed by atoms with E-state index in [0.717, 1.165) is 22.8 Å². The van der Waals surface area contributed by atoms with E-state index in [4.69, 9.17) is 0 Å². The average molecular weight is 393 g/mol. The molecule has 0 amide bonds. The highest BCUT2D eigenvalue weighted by Gasteiger charge is 2.19. The summed E-state index contributed by atoms with van der Waals surface area (Å²) in [4.78, 5) is 23.5. The number of rotatable bonds is 6. The summed E-state index contributed by atoms with van der Waals surface area (Å²) in [6.45, 7) is 6.22. The fraction of sp³-hybridized carbons (Fsp3) is 0.217. The lowest BCUT2D eigenvalue weighted by Gasteiger charge is -2.10. The molecule has 0 unspecified atom stereocenters. The van der Waals surface area contributed by atoms with Crippen molar-refractivity contribution in [2.75, 3.05) is 6.61 Å².